The van der Waals surface area contributed by atoms with E-state index in [0.717, 1.165) is 12.5 Å². The first-order valence-corrected chi connectivity index (χ1v) is 7.62. The van der Waals surface area contributed by atoms with Crippen LogP contribution < -0.4 is 5.32 Å². The Bertz CT molecular complexity index is 372. The van der Waals surface area contributed by atoms with E-state index >= 15 is 0 Å². The van der Waals surface area contributed by atoms with Gasteiger partial charge in [0.2, 0.25) is 0 Å². The highest BCUT2D eigenvalue weighted by Gasteiger charge is 2.17. The molecular weight excluding hydrogens is 234 g/mol. The molecule has 2 rings (SSSR count). The Hall–Kier alpha value is -0.930. The molecule has 1 aromatic heterocycles. The van der Waals surface area contributed by atoms with Crippen molar-refractivity contribution in [1.82, 2.24) is 15.2 Å². The Morgan fingerprint density at radius 1 is 1.37 bits per heavy atom. The molecule has 1 fully saturated rings. The van der Waals surface area contributed by atoms with E-state index in [1.54, 1.807) is 0 Å². The fourth-order valence-electron chi connectivity index (χ4n) is 2.88. The molecule has 3 heteroatoms. The lowest BCUT2D eigenvalue weighted by Crippen LogP contribution is -2.36. The average molecular weight is 261 g/mol. The van der Waals surface area contributed by atoms with Crippen molar-refractivity contribution in [2.45, 2.75) is 39.7 Å². The summed E-state index contributed by atoms with van der Waals surface area (Å²) in [6.45, 7) is 10.3. The van der Waals surface area contributed by atoms with Crippen molar-refractivity contribution in [3.05, 3.63) is 29.6 Å². The van der Waals surface area contributed by atoms with Gasteiger partial charge in [0, 0.05) is 25.5 Å². The van der Waals surface area contributed by atoms with Crippen molar-refractivity contribution >= 4 is 0 Å². The van der Waals surface area contributed by atoms with Crippen LogP contribution in [0.2, 0.25) is 0 Å². The van der Waals surface area contributed by atoms with Gasteiger partial charge in [0.1, 0.15) is 0 Å². The summed E-state index contributed by atoms with van der Waals surface area (Å²) in [6.07, 6.45) is 7.79. The second-order valence-corrected chi connectivity index (χ2v) is 5.73. The highest BCUT2D eigenvalue weighted by atomic mass is 15.1. The molecule has 0 unspecified atom stereocenters. The highest BCUT2D eigenvalue weighted by molar-refractivity contribution is 5.21. The van der Waals surface area contributed by atoms with Crippen molar-refractivity contribution in [2.75, 3.05) is 26.2 Å². The summed E-state index contributed by atoms with van der Waals surface area (Å²) >= 11 is 0. The van der Waals surface area contributed by atoms with E-state index in [2.05, 4.69) is 35.1 Å². The van der Waals surface area contributed by atoms with Crippen LogP contribution in [0, 0.1) is 12.8 Å². The van der Waals surface area contributed by atoms with Gasteiger partial charge < -0.3 is 5.32 Å². The molecule has 1 saturated heterocycles. The molecule has 1 aliphatic heterocycles. The monoisotopic (exact) mass is 261 g/mol. The molecule has 0 saturated carbocycles. The normalized spacial score (nSPS) is 17.0. The number of pyridine rings is 1. The first kappa shape index (κ1) is 14.5. The van der Waals surface area contributed by atoms with Gasteiger partial charge in [-0.2, -0.15) is 0 Å². The standard InChI is InChI=1S/C16H27N3/c1-3-10-19(12-15-5-8-17-9-6-15)13-16-11-18-7-4-14(16)2/h4,7,11,15,17H,3,5-6,8-10,12-13H2,1-2H3. The van der Waals surface area contributed by atoms with Crippen LogP contribution in [-0.2, 0) is 6.54 Å². The molecule has 2 heterocycles. The Labute approximate surface area is 117 Å². The smallest absolute Gasteiger partial charge is 0.0315 e. The first-order chi connectivity index (χ1) is 9.29. The van der Waals surface area contributed by atoms with E-state index in [4.69, 9.17) is 0 Å². The summed E-state index contributed by atoms with van der Waals surface area (Å²) in [5, 5.41) is 3.45. The van der Waals surface area contributed by atoms with Gasteiger partial charge in [-0.05, 0) is 68.9 Å². The largest absolute Gasteiger partial charge is 0.317 e. The van der Waals surface area contributed by atoms with E-state index in [1.807, 2.05) is 12.4 Å². The molecular formula is C16H27N3. The molecule has 0 aliphatic carbocycles. The molecule has 1 aromatic rings. The number of rotatable bonds is 6. The van der Waals surface area contributed by atoms with E-state index in [9.17, 15) is 0 Å². The highest BCUT2D eigenvalue weighted by Crippen LogP contribution is 2.16. The number of nitrogens with one attached hydrogen (secondary N) is 1. The third kappa shape index (κ3) is 4.59. The van der Waals surface area contributed by atoms with Crippen LogP contribution in [0.5, 0.6) is 0 Å². The van der Waals surface area contributed by atoms with E-state index in [1.165, 1.54) is 56.6 Å². The Kier molecular flexibility index (Phi) is 5.80. The number of hydrogen-bond donors (Lipinski definition) is 1. The topological polar surface area (TPSA) is 28.2 Å². The molecule has 0 atom stereocenters. The minimum atomic E-state index is 0.866. The Balaban J connectivity index is 1.93. The molecule has 0 spiro atoms. The van der Waals surface area contributed by atoms with Crippen molar-refractivity contribution < 1.29 is 0 Å². The van der Waals surface area contributed by atoms with E-state index in [-0.39, 0.29) is 0 Å². The van der Waals surface area contributed by atoms with Crippen LogP contribution in [0.4, 0.5) is 0 Å². The third-order valence-electron chi connectivity index (χ3n) is 4.06. The quantitative estimate of drug-likeness (QED) is 0.853. The number of hydrogen-bond acceptors (Lipinski definition) is 3. The first-order valence-electron chi connectivity index (χ1n) is 7.62. The molecule has 1 aliphatic rings. The van der Waals surface area contributed by atoms with Crippen LogP contribution in [0.3, 0.4) is 0 Å². The van der Waals surface area contributed by atoms with Gasteiger partial charge in [-0.15, -0.1) is 0 Å². The van der Waals surface area contributed by atoms with Gasteiger partial charge in [-0.25, -0.2) is 0 Å². The molecule has 19 heavy (non-hydrogen) atoms. The molecule has 3 nitrogen and oxygen atoms in total. The van der Waals surface area contributed by atoms with Gasteiger partial charge in [-0.3, -0.25) is 9.88 Å². The van der Waals surface area contributed by atoms with Crippen molar-refractivity contribution in [1.29, 1.82) is 0 Å². The molecule has 1 N–H and O–H groups in total. The van der Waals surface area contributed by atoms with Crippen LogP contribution >= 0.6 is 0 Å². The minimum absolute atomic E-state index is 0.866. The minimum Gasteiger partial charge on any atom is -0.317 e. The predicted molar refractivity (Wildman–Crippen MR) is 80.1 cm³/mol. The molecule has 0 radical (unpaired) electrons. The summed E-state index contributed by atoms with van der Waals surface area (Å²) in [4.78, 5) is 6.88. The molecule has 0 bridgehead atoms. The number of nitrogens with zero attached hydrogens (tertiary/aromatic N) is 2. The maximum absolute atomic E-state index is 4.27. The van der Waals surface area contributed by atoms with Gasteiger partial charge in [0.25, 0.3) is 0 Å². The second kappa shape index (κ2) is 7.61. The van der Waals surface area contributed by atoms with Crippen LogP contribution in [-0.4, -0.2) is 36.1 Å². The summed E-state index contributed by atoms with van der Waals surface area (Å²) in [5.74, 6) is 0.866. The zero-order valence-electron chi connectivity index (χ0n) is 12.4. The molecule has 106 valence electrons. The molecule has 0 aromatic carbocycles. The average Bonchev–Trinajstić information content (AvgIpc) is 2.43. The lowest BCUT2D eigenvalue weighted by molar-refractivity contribution is 0.198. The van der Waals surface area contributed by atoms with Gasteiger partial charge >= 0.3 is 0 Å². The lowest BCUT2D eigenvalue weighted by atomic mass is 9.97. The Morgan fingerprint density at radius 3 is 2.84 bits per heavy atom. The zero-order chi connectivity index (χ0) is 13.5. The van der Waals surface area contributed by atoms with Crippen LogP contribution in [0.1, 0.15) is 37.3 Å². The summed E-state index contributed by atoms with van der Waals surface area (Å²) < 4.78 is 0. The zero-order valence-corrected chi connectivity index (χ0v) is 12.4. The second-order valence-electron chi connectivity index (χ2n) is 5.73. The van der Waals surface area contributed by atoms with Gasteiger partial charge in [0.15, 0.2) is 0 Å². The van der Waals surface area contributed by atoms with Crippen molar-refractivity contribution in [3.63, 3.8) is 0 Å². The van der Waals surface area contributed by atoms with Crippen molar-refractivity contribution in [2.24, 2.45) is 5.92 Å². The van der Waals surface area contributed by atoms with Gasteiger partial charge in [-0.1, -0.05) is 6.92 Å². The maximum atomic E-state index is 4.27. The van der Waals surface area contributed by atoms with E-state index in [0.29, 0.717) is 0 Å². The summed E-state index contributed by atoms with van der Waals surface area (Å²) in [7, 11) is 0. The fourth-order valence-corrected chi connectivity index (χ4v) is 2.88. The number of aromatic nitrogens is 1. The maximum Gasteiger partial charge on any atom is 0.0315 e. The molecule has 0 amide bonds. The van der Waals surface area contributed by atoms with Crippen LogP contribution in [0.25, 0.3) is 0 Å². The van der Waals surface area contributed by atoms with Gasteiger partial charge in [0.05, 0.1) is 0 Å². The summed E-state index contributed by atoms with van der Waals surface area (Å²) in [6, 6.07) is 2.12. The van der Waals surface area contributed by atoms with Crippen LogP contribution in [0.15, 0.2) is 18.5 Å². The van der Waals surface area contributed by atoms with E-state index < -0.39 is 0 Å². The predicted octanol–water partition coefficient (Wildman–Crippen LogP) is 2.60. The SMILES string of the molecule is CCCN(Cc1cnccc1C)CC1CCNCC1. The van der Waals surface area contributed by atoms with Crippen molar-refractivity contribution in [3.8, 4) is 0 Å². The summed E-state index contributed by atoms with van der Waals surface area (Å²) in [5.41, 5.74) is 2.74. The third-order valence-corrected chi connectivity index (χ3v) is 4.06. The number of aryl methyl sites for hydroxylation is 1. The number of piperidine rings is 1. The Morgan fingerprint density at radius 2 is 2.16 bits per heavy atom. The lowest BCUT2D eigenvalue weighted by Gasteiger charge is -2.30. The fraction of sp³-hybridized carbons (Fsp3) is 0.688.